The van der Waals surface area contributed by atoms with Crippen LogP contribution >= 0.6 is 0 Å². The van der Waals surface area contributed by atoms with Crippen LogP contribution in [0.25, 0.3) is 21.7 Å². The second kappa shape index (κ2) is 5.27. The molecule has 0 aliphatic heterocycles. The Balaban J connectivity index is 1.78. The second-order valence-electron chi connectivity index (χ2n) is 5.76. The van der Waals surface area contributed by atoms with Gasteiger partial charge in [-0.1, -0.05) is 73.7 Å². The summed E-state index contributed by atoms with van der Waals surface area (Å²) in [6.45, 7) is 2.22. The maximum atomic E-state index is 4.83. The van der Waals surface area contributed by atoms with Gasteiger partial charge in [0, 0.05) is 17.0 Å². The number of fused-ring (bicyclic) bond motifs is 2. The molecule has 4 aromatic rings. The van der Waals surface area contributed by atoms with E-state index in [0.29, 0.717) is 0 Å². The molecule has 3 aromatic carbocycles. The van der Waals surface area contributed by atoms with Crippen molar-refractivity contribution in [1.29, 1.82) is 0 Å². The van der Waals surface area contributed by atoms with E-state index in [0.717, 1.165) is 11.2 Å². The lowest BCUT2D eigenvalue weighted by atomic mass is 9.94. The Bertz CT molecular complexity index is 876. The van der Waals surface area contributed by atoms with Crippen LogP contribution in [0.3, 0.4) is 0 Å². The Morgan fingerprint density at radius 3 is 2.23 bits per heavy atom. The molecule has 0 aliphatic rings. The molecule has 0 fully saturated rings. The molecule has 0 bridgehead atoms. The van der Waals surface area contributed by atoms with E-state index < -0.39 is 0 Å². The highest BCUT2D eigenvalue weighted by Gasteiger charge is 2.11. The van der Waals surface area contributed by atoms with Crippen LogP contribution in [0.4, 0.5) is 0 Å². The highest BCUT2D eigenvalue weighted by molar-refractivity contribution is 5.83. The van der Waals surface area contributed by atoms with E-state index in [1.807, 2.05) is 6.07 Å². The average Bonchev–Trinajstić information content (AvgIpc) is 2.60. The molecule has 0 aliphatic carbocycles. The highest BCUT2D eigenvalue weighted by atomic mass is 14.7. The van der Waals surface area contributed by atoms with Crippen molar-refractivity contribution < 1.29 is 0 Å². The van der Waals surface area contributed by atoms with Gasteiger partial charge < -0.3 is 0 Å². The van der Waals surface area contributed by atoms with E-state index in [1.54, 1.807) is 0 Å². The topological polar surface area (TPSA) is 12.9 Å². The molecule has 0 radical (unpaired) electrons. The number of pyridine rings is 1. The maximum absolute atomic E-state index is 4.83. The van der Waals surface area contributed by atoms with Gasteiger partial charge in [0.15, 0.2) is 0 Å². The lowest BCUT2D eigenvalue weighted by Gasteiger charge is -2.13. The van der Waals surface area contributed by atoms with E-state index in [9.17, 15) is 0 Å². The normalized spacial score (nSPS) is 12.6. The van der Waals surface area contributed by atoms with Crippen molar-refractivity contribution in [2.75, 3.05) is 0 Å². The summed E-state index contributed by atoms with van der Waals surface area (Å²) in [5.74, 6) is 0.286. The second-order valence-corrected chi connectivity index (χ2v) is 5.76. The molecule has 0 saturated carbocycles. The van der Waals surface area contributed by atoms with Crippen molar-refractivity contribution in [3.05, 3.63) is 90.1 Å². The first-order chi connectivity index (χ1) is 10.8. The molecule has 4 rings (SSSR count). The molecule has 1 heteroatoms. The van der Waals surface area contributed by atoms with Crippen molar-refractivity contribution in [1.82, 2.24) is 4.98 Å². The zero-order valence-corrected chi connectivity index (χ0v) is 12.5. The van der Waals surface area contributed by atoms with E-state index in [2.05, 4.69) is 79.7 Å². The Morgan fingerprint density at radius 2 is 1.36 bits per heavy atom. The first-order valence-corrected chi connectivity index (χ1v) is 7.66. The van der Waals surface area contributed by atoms with Crippen molar-refractivity contribution >= 4 is 21.7 Å². The Kier molecular flexibility index (Phi) is 3.12. The SMILES string of the molecule is CC(c1ccc2ccccc2c1)c1ccc2ccccc2n1. The zero-order valence-electron chi connectivity index (χ0n) is 12.5. The third kappa shape index (κ3) is 2.25. The van der Waals surface area contributed by atoms with Gasteiger partial charge in [-0.3, -0.25) is 4.98 Å². The van der Waals surface area contributed by atoms with Crippen molar-refractivity contribution in [2.24, 2.45) is 0 Å². The van der Waals surface area contributed by atoms with Crippen molar-refractivity contribution in [3.63, 3.8) is 0 Å². The van der Waals surface area contributed by atoms with Crippen LogP contribution in [0.1, 0.15) is 24.1 Å². The van der Waals surface area contributed by atoms with Gasteiger partial charge in [-0.15, -0.1) is 0 Å². The Hall–Kier alpha value is -2.67. The summed E-state index contributed by atoms with van der Waals surface area (Å²) < 4.78 is 0. The number of rotatable bonds is 2. The largest absolute Gasteiger partial charge is 0.252 e. The van der Waals surface area contributed by atoms with E-state index in [-0.39, 0.29) is 5.92 Å². The zero-order chi connectivity index (χ0) is 14.9. The minimum absolute atomic E-state index is 0.286. The number of aromatic nitrogens is 1. The van der Waals surface area contributed by atoms with Crippen molar-refractivity contribution in [2.45, 2.75) is 12.8 Å². The Labute approximate surface area is 130 Å². The number of para-hydroxylation sites is 1. The molecule has 0 saturated heterocycles. The third-order valence-electron chi connectivity index (χ3n) is 4.34. The molecular weight excluding hydrogens is 266 g/mol. The summed E-state index contributed by atoms with van der Waals surface area (Å²) in [6, 6.07) is 27.7. The van der Waals surface area contributed by atoms with Crippen LogP contribution < -0.4 is 0 Å². The third-order valence-corrected chi connectivity index (χ3v) is 4.34. The summed E-state index contributed by atoms with van der Waals surface area (Å²) in [4.78, 5) is 4.83. The first kappa shape index (κ1) is 13.0. The molecule has 22 heavy (non-hydrogen) atoms. The maximum Gasteiger partial charge on any atom is 0.0705 e. The first-order valence-electron chi connectivity index (χ1n) is 7.66. The summed E-state index contributed by atoms with van der Waals surface area (Å²) in [6.07, 6.45) is 0. The molecule has 0 N–H and O–H groups in total. The minimum atomic E-state index is 0.286. The number of hydrogen-bond acceptors (Lipinski definition) is 1. The van der Waals surface area contributed by atoms with Gasteiger partial charge in [-0.25, -0.2) is 0 Å². The summed E-state index contributed by atoms with van der Waals surface area (Å²) in [5, 5.41) is 3.76. The van der Waals surface area contributed by atoms with Gasteiger partial charge in [0.25, 0.3) is 0 Å². The predicted octanol–water partition coefficient (Wildman–Crippen LogP) is 5.54. The fraction of sp³-hybridized carbons (Fsp3) is 0.0952. The predicted molar refractivity (Wildman–Crippen MR) is 93.2 cm³/mol. The van der Waals surface area contributed by atoms with Gasteiger partial charge in [0.2, 0.25) is 0 Å². The summed E-state index contributed by atoms with van der Waals surface area (Å²) in [7, 11) is 0. The fourth-order valence-corrected chi connectivity index (χ4v) is 2.97. The van der Waals surface area contributed by atoms with Crippen molar-refractivity contribution in [3.8, 4) is 0 Å². The Morgan fingerprint density at radius 1 is 0.682 bits per heavy atom. The van der Waals surface area contributed by atoms with Crippen LogP contribution in [-0.4, -0.2) is 4.98 Å². The standard InChI is InChI=1S/C21H17N/c1-15(18-11-10-16-6-2-3-8-19(16)14-18)20-13-12-17-7-4-5-9-21(17)22-20/h2-15H,1H3. The number of benzene rings is 3. The van der Waals surface area contributed by atoms with Crippen LogP contribution in [0, 0.1) is 0 Å². The van der Waals surface area contributed by atoms with Crippen LogP contribution in [0.15, 0.2) is 78.9 Å². The monoisotopic (exact) mass is 283 g/mol. The molecule has 0 spiro atoms. The summed E-state index contributed by atoms with van der Waals surface area (Å²) in [5.41, 5.74) is 3.49. The molecule has 1 aromatic heterocycles. The van der Waals surface area contributed by atoms with Gasteiger partial charge in [-0.2, -0.15) is 0 Å². The van der Waals surface area contributed by atoms with Crippen LogP contribution in [0.5, 0.6) is 0 Å². The molecule has 0 amide bonds. The van der Waals surface area contributed by atoms with Gasteiger partial charge in [-0.05, 0) is 28.5 Å². The molecule has 1 heterocycles. The molecule has 1 nitrogen and oxygen atoms in total. The molecular formula is C21H17N. The highest BCUT2D eigenvalue weighted by Crippen LogP contribution is 2.27. The van der Waals surface area contributed by atoms with E-state index >= 15 is 0 Å². The average molecular weight is 283 g/mol. The molecule has 1 unspecified atom stereocenters. The number of nitrogens with zero attached hydrogens (tertiary/aromatic N) is 1. The smallest absolute Gasteiger partial charge is 0.0705 e. The van der Waals surface area contributed by atoms with Gasteiger partial charge in [0.1, 0.15) is 0 Å². The summed E-state index contributed by atoms with van der Waals surface area (Å²) >= 11 is 0. The quantitative estimate of drug-likeness (QED) is 0.470. The lowest BCUT2D eigenvalue weighted by Crippen LogP contribution is -1.99. The minimum Gasteiger partial charge on any atom is -0.252 e. The molecule has 106 valence electrons. The lowest BCUT2D eigenvalue weighted by molar-refractivity contribution is 0.882. The van der Waals surface area contributed by atoms with E-state index in [1.165, 1.54) is 21.7 Å². The fourth-order valence-electron chi connectivity index (χ4n) is 2.97. The molecule has 1 atom stereocenters. The van der Waals surface area contributed by atoms with Gasteiger partial charge in [0.05, 0.1) is 5.52 Å². The van der Waals surface area contributed by atoms with Crippen LogP contribution in [0.2, 0.25) is 0 Å². The number of hydrogen-bond donors (Lipinski definition) is 0. The van der Waals surface area contributed by atoms with E-state index in [4.69, 9.17) is 4.98 Å². The van der Waals surface area contributed by atoms with Gasteiger partial charge >= 0.3 is 0 Å². The van der Waals surface area contributed by atoms with Crippen LogP contribution in [-0.2, 0) is 0 Å².